The summed E-state index contributed by atoms with van der Waals surface area (Å²) in [5.74, 6) is 0.273. The van der Waals surface area contributed by atoms with Gasteiger partial charge in [-0.05, 0) is 12.0 Å². The number of hydrogen-bond acceptors (Lipinski definition) is 1. The van der Waals surface area contributed by atoms with Gasteiger partial charge in [0.15, 0.2) is 0 Å². The Hall–Kier alpha value is -0.0257. The van der Waals surface area contributed by atoms with Crippen molar-refractivity contribution in [1.29, 1.82) is 0 Å². The minimum absolute atomic E-state index is 0. The maximum Gasteiger partial charge on any atom is 0.388 e. The summed E-state index contributed by atoms with van der Waals surface area (Å²) in [6.07, 6.45) is -3.82. The number of nitrogens with zero attached hydrogens (tertiary/aromatic N) is 2. The average molecular weight is 257 g/mol. The van der Waals surface area contributed by atoms with Gasteiger partial charge in [-0.15, -0.1) is 0 Å². The first-order valence-corrected chi connectivity index (χ1v) is 4.47. The van der Waals surface area contributed by atoms with Gasteiger partial charge in [-0.25, -0.2) is 0 Å². The molecule has 0 atom stereocenters. The van der Waals surface area contributed by atoms with Crippen LogP contribution in [-0.4, -0.2) is 24.1 Å². The number of halogens is 3. The maximum atomic E-state index is 11.8. The fourth-order valence-corrected chi connectivity index (χ4v) is 0.794. The molecular formula is C9H16F3N2Ti-. The van der Waals surface area contributed by atoms with Gasteiger partial charge in [0.2, 0.25) is 0 Å². The monoisotopic (exact) mass is 257 g/mol. The second-order valence-corrected chi connectivity index (χ2v) is 3.98. The van der Waals surface area contributed by atoms with Gasteiger partial charge in [-0.3, -0.25) is 0 Å². The van der Waals surface area contributed by atoms with Crippen LogP contribution in [0.5, 0.6) is 0 Å². The standard InChI is InChI=1S/C9H16F3N2.Ti/c1-5-7(14-8(2,3)4)13-6-9(10,11)12;/h5-6H2,1-4H3;/q-1;. The summed E-state index contributed by atoms with van der Waals surface area (Å²) in [6.45, 7) is 6.07. The molecule has 15 heavy (non-hydrogen) atoms. The van der Waals surface area contributed by atoms with Gasteiger partial charge in [0.25, 0.3) is 0 Å². The molecule has 0 aromatic heterocycles. The van der Waals surface area contributed by atoms with Gasteiger partial charge in [0.05, 0.1) is 0 Å². The third kappa shape index (κ3) is 11.9. The van der Waals surface area contributed by atoms with Crippen LogP contribution < -0.4 is 0 Å². The molecule has 0 aliphatic heterocycles. The third-order valence-electron chi connectivity index (χ3n) is 1.22. The van der Waals surface area contributed by atoms with Crippen LogP contribution in [0.15, 0.2) is 4.99 Å². The van der Waals surface area contributed by atoms with E-state index in [1.807, 2.05) is 20.8 Å². The van der Waals surface area contributed by atoms with Crippen molar-refractivity contribution in [3.05, 3.63) is 5.32 Å². The van der Waals surface area contributed by atoms with Gasteiger partial charge >= 0.3 is 6.18 Å². The molecule has 0 aliphatic rings. The first-order chi connectivity index (χ1) is 6.14. The van der Waals surface area contributed by atoms with E-state index < -0.39 is 12.7 Å². The summed E-state index contributed by atoms with van der Waals surface area (Å²) in [7, 11) is 0. The van der Waals surface area contributed by atoms with Crippen LogP contribution >= 0.6 is 0 Å². The normalized spacial score (nSPS) is 13.4. The molecule has 0 heterocycles. The molecular weight excluding hydrogens is 241 g/mol. The van der Waals surface area contributed by atoms with Crippen LogP contribution in [-0.2, 0) is 21.7 Å². The average Bonchev–Trinajstić information content (AvgIpc) is 1.94. The second-order valence-electron chi connectivity index (χ2n) is 3.98. The quantitative estimate of drug-likeness (QED) is 0.411. The van der Waals surface area contributed by atoms with Gasteiger partial charge < -0.3 is 10.3 Å². The van der Waals surface area contributed by atoms with Crippen LogP contribution in [0, 0.1) is 0 Å². The van der Waals surface area contributed by atoms with E-state index >= 15 is 0 Å². The molecule has 0 N–H and O–H groups in total. The van der Waals surface area contributed by atoms with E-state index in [-0.39, 0.29) is 33.1 Å². The Balaban J connectivity index is 0. The van der Waals surface area contributed by atoms with Crippen molar-refractivity contribution in [1.82, 2.24) is 0 Å². The maximum absolute atomic E-state index is 11.8. The minimum atomic E-state index is -4.24. The summed E-state index contributed by atoms with van der Waals surface area (Å²) in [4.78, 5) is 4.08. The third-order valence-corrected chi connectivity index (χ3v) is 1.22. The number of alkyl halides is 3. The number of hydrogen-bond donors (Lipinski definition) is 0. The van der Waals surface area contributed by atoms with Crippen LogP contribution in [0.3, 0.4) is 0 Å². The molecule has 6 heteroatoms. The van der Waals surface area contributed by atoms with E-state index in [1.165, 1.54) is 0 Å². The van der Waals surface area contributed by atoms with E-state index in [9.17, 15) is 13.2 Å². The molecule has 88 valence electrons. The fraction of sp³-hybridized carbons (Fsp3) is 0.889. The Bertz CT molecular complexity index is 206. The molecule has 0 aromatic carbocycles. The number of aliphatic imine (C=N–C) groups is 1. The minimum Gasteiger partial charge on any atom is -0.463 e. The predicted molar refractivity (Wildman–Crippen MR) is 51.8 cm³/mol. The van der Waals surface area contributed by atoms with Crippen LogP contribution in [0.4, 0.5) is 13.2 Å². The SMILES string of the molecule is CCC(=NC(C)(C)C)[N-]CC(F)(F)F.[Ti]. The topological polar surface area (TPSA) is 26.5 Å². The molecule has 0 aromatic rings. The first kappa shape index (κ1) is 17.4. The molecule has 0 saturated carbocycles. The largest absolute Gasteiger partial charge is 0.463 e. The molecule has 0 spiro atoms. The predicted octanol–water partition coefficient (Wildman–Crippen LogP) is 3.53. The first-order valence-electron chi connectivity index (χ1n) is 4.47. The van der Waals surface area contributed by atoms with Crippen LogP contribution in [0.1, 0.15) is 34.1 Å². The van der Waals surface area contributed by atoms with Crippen molar-refractivity contribution >= 4 is 5.84 Å². The van der Waals surface area contributed by atoms with E-state index in [4.69, 9.17) is 0 Å². The summed E-state index contributed by atoms with van der Waals surface area (Å²) < 4.78 is 35.5. The zero-order chi connectivity index (χ0) is 11.4. The smallest absolute Gasteiger partial charge is 0.388 e. The van der Waals surface area contributed by atoms with E-state index in [1.54, 1.807) is 6.92 Å². The Labute approximate surface area is 104 Å². The van der Waals surface area contributed by atoms with Crippen LogP contribution in [0.25, 0.3) is 5.32 Å². The summed E-state index contributed by atoms with van der Waals surface area (Å²) in [6, 6.07) is 0. The Morgan fingerprint density at radius 3 is 1.93 bits per heavy atom. The van der Waals surface area contributed by atoms with Gasteiger partial charge in [0, 0.05) is 28.3 Å². The zero-order valence-electron chi connectivity index (χ0n) is 9.44. The number of amidine groups is 1. The molecule has 0 aliphatic carbocycles. The molecule has 2 nitrogen and oxygen atoms in total. The van der Waals surface area contributed by atoms with E-state index in [0.29, 0.717) is 6.42 Å². The van der Waals surface area contributed by atoms with Crippen molar-refractivity contribution in [2.45, 2.75) is 45.8 Å². The van der Waals surface area contributed by atoms with Crippen molar-refractivity contribution in [2.24, 2.45) is 4.99 Å². The summed E-state index contributed by atoms with van der Waals surface area (Å²) in [5.41, 5.74) is -0.375. The van der Waals surface area contributed by atoms with Gasteiger partial charge in [0.1, 0.15) is 0 Å². The Kier molecular flexibility index (Phi) is 7.57. The molecule has 0 bridgehead atoms. The van der Waals surface area contributed by atoms with E-state index in [2.05, 4.69) is 10.3 Å². The number of rotatable bonds is 2. The fourth-order valence-electron chi connectivity index (χ4n) is 0.794. The van der Waals surface area contributed by atoms with Crippen molar-refractivity contribution in [3.8, 4) is 0 Å². The molecule has 0 radical (unpaired) electrons. The van der Waals surface area contributed by atoms with E-state index in [0.717, 1.165) is 0 Å². The van der Waals surface area contributed by atoms with Crippen molar-refractivity contribution in [2.75, 3.05) is 6.54 Å². The molecule has 0 rings (SSSR count). The zero-order valence-corrected chi connectivity index (χ0v) is 11.0. The van der Waals surface area contributed by atoms with Crippen LogP contribution in [0.2, 0.25) is 0 Å². The second kappa shape index (κ2) is 6.53. The van der Waals surface area contributed by atoms with Crippen molar-refractivity contribution < 1.29 is 34.9 Å². The van der Waals surface area contributed by atoms with Gasteiger partial charge in [-0.1, -0.05) is 33.5 Å². The van der Waals surface area contributed by atoms with Crippen molar-refractivity contribution in [3.63, 3.8) is 0 Å². The molecule has 0 saturated heterocycles. The molecule has 0 unspecified atom stereocenters. The summed E-state index contributed by atoms with van der Waals surface area (Å²) >= 11 is 0. The Morgan fingerprint density at radius 2 is 1.67 bits per heavy atom. The summed E-state index contributed by atoms with van der Waals surface area (Å²) in [5, 5.41) is 3.42. The Morgan fingerprint density at radius 1 is 1.20 bits per heavy atom. The molecule has 0 amide bonds. The van der Waals surface area contributed by atoms with Gasteiger partial charge in [-0.2, -0.15) is 13.2 Å². The molecule has 0 fully saturated rings.